The van der Waals surface area contributed by atoms with Crippen LogP contribution in [0.3, 0.4) is 0 Å². The fourth-order valence-corrected chi connectivity index (χ4v) is 2.25. The number of nitrogens with zero attached hydrogens (tertiary/aromatic N) is 1. The van der Waals surface area contributed by atoms with Crippen molar-refractivity contribution in [3.63, 3.8) is 0 Å². The lowest BCUT2D eigenvalue weighted by atomic mass is 9.88. The molecule has 1 N–H and O–H groups in total. The summed E-state index contributed by atoms with van der Waals surface area (Å²) in [7, 11) is 3.94. The van der Waals surface area contributed by atoms with E-state index >= 15 is 0 Å². The Kier molecular flexibility index (Phi) is 4.06. The van der Waals surface area contributed by atoms with Crippen molar-refractivity contribution in [1.82, 2.24) is 10.2 Å². The average molecular weight is 220 g/mol. The second-order valence-electron chi connectivity index (χ2n) is 5.15. The van der Waals surface area contributed by atoms with Crippen LogP contribution >= 0.6 is 0 Å². The van der Waals surface area contributed by atoms with Crippen molar-refractivity contribution in [2.24, 2.45) is 5.92 Å². The minimum absolute atomic E-state index is 0.0152. The van der Waals surface area contributed by atoms with E-state index in [2.05, 4.69) is 5.32 Å². The highest BCUT2D eigenvalue weighted by atomic mass is 19.3. The number of piperidine rings is 1. The first-order valence-electron chi connectivity index (χ1n) is 5.61. The lowest BCUT2D eigenvalue weighted by Crippen LogP contribution is -2.58. The molecule has 15 heavy (non-hydrogen) atoms. The van der Waals surface area contributed by atoms with Gasteiger partial charge in [-0.05, 0) is 26.4 Å². The van der Waals surface area contributed by atoms with E-state index in [4.69, 9.17) is 0 Å². The summed E-state index contributed by atoms with van der Waals surface area (Å²) in [5.74, 6) is -2.57. The van der Waals surface area contributed by atoms with Gasteiger partial charge in [0.15, 0.2) is 0 Å². The predicted molar refractivity (Wildman–Crippen MR) is 58.3 cm³/mol. The van der Waals surface area contributed by atoms with Gasteiger partial charge in [0.2, 0.25) is 0 Å². The van der Waals surface area contributed by atoms with E-state index < -0.39 is 12.0 Å². The van der Waals surface area contributed by atoms with Gasteiger partial charge in [0.05, 0.1) is 6.04 Å². The molecule has 1 aliphatic heterocycles. The number of hydrogen-bond donors (Lipinski definition) is 1. The molecular formula is C11H22F2N2. The molecule has 0 aromatic carbocycles. The van der Waals surface area contributed by atoms with Crippen LogP contribution in [0.4, 0.5) is 8.78 Å². The predicted octanol–water partition coefficient (Wildman–Crippen LogP) is 1.96. The van der Waals surface area contributed by atoms with Crippen LogP contribution in [0.25, 0.3) is 0 Å². The van der Waals surface area contributed by atoms with Crippen LogP contribution in [0.5, 0.6) is 0 Å². The van der Waals surface area contributed by atoms with Gasteiger partial charge in [-0.3, -0.25) is 0 Å². The normalized spacial score (nSPS) is 31.2. The zero-order chi connectivity index (χ0) is 11.6. The fourth-order valence-electron chi connectivity index (χ4n) is 2.25. The highest BCUT2D eigenvalue weighted by Gasteiger charge is 2.45. The molecule has 90 valence electrons. The second kappa shape index (κ2) is 4.74. The van der Waals surface area contributed by atoms with Crippen molar-refractivity contribution < 1.29 is 8.78 Å². The molecule has 1 fully saturated rings. The minimum Gasteiger partial charge on any atom is -0.308 e. The summed E-state index contributed by atoms with van der Waals surface area (Å²) in [5, 5.41) is 3.08. The van der Waals surface area contributed by atoms with Gasteiger partial charge in [0.1, 0.15) is 0 Å². The highest BCUT2D eigenvalue weighted by Crippen LogP contribution is 2.33. The summed E-state index contributed by atoms with van der Waals surface area (Å²) >= 11 is 0. The molecule has 0 bridgehead atoms. The zero-order valence-electron chi connectivity index (χ0n) is 10.1. The van der Waals surface area contributed by atoms with Crippen LogP contribution in [0, 0.1) is 5.92 Å². The standard InChI is InChI=1S/C11H22F2N2/c1-8(2)10-11(12,13)6-5-9(14-10)7-15(3)4/h8-10,14H,5-7H2,1-4H3. The van der Waals surface area contributed by atoms with Crippen LogP contribution in [0.15, 0.2) is 0 Å². The molecule has 0 aliphatic carbocycles. The van der Waals surface area contributed by atoms with E-state index in [1.54, 1.807) is 0 Å². The quantitative estimate of drug-likeness (QED) is 0.782. The Labute approximate surface area is 91.0 Å². The summed E-state index contributed by atoms with van der Waals surface area (Å²) in [4.78, 5) is 2.04. The van der Waals surface area contributed by atoms with Crippen molar-refractivity contribution in [2.75, 3.05) is 20.6 Å². The molecule has 0 aromatic heterocycles. The van der Waals surface area contributed by atoms with Gasteiger partial charge in [-0.25, -0.2) is 8.78 Å². The smallest absolute Gasteiger partial charge is 0.263 e. The van der Waals surface area contributed by atoms with Gasteiger partial charge < -0.3 is 10.2 Å². The summed E-state index contributed by atoms with van der Waals surface area (Å²) < 4.78 is 27.1. The van der Waals surface area contributed by atoms with Crippen LogP contribution in [0.2, 0.25) is 0 Å². The molecule has 2 unspecified atom stereocenters. The Hall–Kier alpha value is -0.220. The van der Waals surface area contributed by atoms with Crippen LogP contribution in [0.1, 0.15) is 26.7 Å². The number of nitrogens with one attached hydrogen (secondary N) is 1. The second-order valence-corrected chi connectivity index (χ2v) is 5.15. The van der Waals surface area contributed by atoms with Crippen molar-refractivity contribution >= 4 is 0 Å². The number of alkyl halides is 2. The van der Waals surface area contributed by atoms with Gasteiger partial charge in [0, 0.05) is 19.0 Å². The van der Waals surface area contributed by atoms with Crippen LogP contribution in [-0.2, 0) is 0 Å². The molecule has 1 rings (SSSR count). The molecule has 0 aromatic rings. The number of rotatable bonds is 3. The van der Waals surface area contributed by atoms with Crippen LogP contribution in [-0.4, -0.2) is 43.5 Å². The molecule has 0 saturated carbocycles. The van der Waals surface area contributed by atoms with Gasteiger partial charge in [0.25, 0.3) is 5.92 Å². The van der Waals surface area contributed by atoms with E-state index in [1.165, 1.54) is 0 Å². The number of hydrogen-bond acceptors (Lipinski definition) is 2. The highest BCUT2D eigenvalue weighted by molar-refractivity contribution is 4.94. The number of halogens is 2. The molecule has 1 heterocycles. The third-order valence-electron chi connectivity index (χ3n) is 2.95. The third kappa shape index (κ3) is 3.38. The zero-order valence-corrected chi connectivity index (χ0v) is 10.1. The van der Waals surface area contributed by atoms with Crippen molar-refractivity contribution in [3.05, 3.63) is 0 Å². The third-order valence-corrected chi connectivity index (χ3v) is 2.95. The van der Waals surface area contributed by atoms with Crippen LogP contribution < -0.4 is 5.32 Å². The molecular weight excluding hydrogens is 198 g/mol. The maximum Gasteiger partial charge on any atom is 0.263 e. The maximum atomic E-state index is 13.6. The Balaban J connectivity index is 2.58. The van der Waals surface area contributed by atoms with Gasteiger partial charge in [-0.15, -0.1) is 0 Å². The summed E-state index contributed by atoms with van der Waals surface area (Å²) in [5.41, 5.74) is 0. The minimum atomic E-state index is -2.54. The molecule has 1 aliphatic rings. The van der Waals surface area contributed by atoms with E-state index in [1.807, 2.05) is 32.8 Å². The number of likely N-dealkylation sites (N-methyl/N-ethyl adjacent to an activating group) is 1. The molecule has 4 heteroatoms. The van der Waals surface area contributed by atoms with Crippen molar-refractivity contribution in [1.29, 1.82) is 0 Å². The summed E-state index contributed by atoms with van der Waals surface area (Å²) in [6, 6.07) is -0.469. The van der Waals surface area contributed by atoms with E-state index in [9.17, 15) is 8.78 Å². The molecule has 0 radical (unpaired) electrons. The molecule has 1 saturated heterocycles. The topological polar surface area (TPSA) is 15.3 Å². The van der Waals surface area contributed by atoms with Gasteiger partial charge in [-0.2, -0.15) is 0 Å². The van der Waals surface area contributed by atoms with E-state index in [0.717, 1.165) is 6.54 Å². The largest absolute Gasteiger partial charge is 0.308 e. The Morgan fingerprint density at radius 3 is 2.47 bits per heavy atom. The molecule has 0 amide bonds. The van der Waals surface area contributed by atoms with Gasteiger partial charge >= 0.3 is 0 Å². The lowest BCUT2D eigenvalue weighted by molar-refractivity contribution is -0.0849. The Bertz CT molecular complexity index is 205. The first-order valence-corrected chi connectivity index (χ1v) is 5.61. The lowest BCUT2D eigenvalue weighted by Gasteiger charge is -2.40. The van der Waals surface area contributed by atoms with Crippen molar-refractivity contribution in [2.45, 2.75) is 44.7 Å². The Morgan fingerprint density at radius 2 is 2.00 bits per heavy atom. The SMILES string of the molecule is CC(C)C1NC(CN(C)C)CCC1(F)F. The van der Waals surface area contributed by atoms with E-state index in [0.29, 0.717) is 6.42 Å². The molecule has 2 nitrogen and oxygen atoms in total. The maximum absolute atomic E-state index is 13.6. The molecule has 0 spiro atoms. The summed E-state index contributed by atoms with van der Waals surface area (Å²) in [6.07, 6.45) is 0.579. The van der Waals surface area contributed by atoms with E-state index in [-0.39, 0.29) is 18.4 Å². The summed E-state index contributed by atoms with van der Waals surface area (Å²) in [6.45, 7) is 4.53. The average Bonchev–Trinajstić information content (AvgIpc) is 2.06. The monoisotopic (exact) mass is 220 g/mol. The van der Waals surface area contributed by atoms with Gasteiger partial charge in [-0.1, -0.05) is 13.8 Å². The molecule has 2 atom stereocenters. The first-order chi connectivity index (χ1) is 6.83. The fraction of sp³-hybridized carbons (Fsp3) is 1.00. The Morgan fingerprint density at radius 1 is 1.40 bits per heavy atom. The van der Waals surface area contributed by atoms with Crippen molar-refractivity contribution in [3.8, 4) is 0 Å². The first kappa shape index (κ1) is 12.8.